The number of aryl methyl sites for hydroxylation is 3. The van der Waals surface area contributed by atoms with Crippen LogP contribution in [-0.4, -0.2) is 37.7 Å². The number of pyridine rings is 1. The van der Waals surface area contributed by atoms with E-state index in [-0.39, 0.29) is 12.0 Å². The average Bonchev–Trinajstić information content (AvgIpc) is 3.45. The van der Waals surface area contributed by atoms with Crippen LogP contribution in [0, 0.1) is 13.8 Å². The van der Waals surface area contributed by atoms with Crippen molar-refractivity contribution in [3.8, 4) is 22.4 Å². The zero-order chi connectivity index (χ0) is 25.3. The maximum atomic E-state index is 12.8. The molecule has 0 aliphatic carbocycles. The van der Waals surface area contributed by atoms with Crippen molar-refractivity contribution in [2.24, 2.45) is 0 Å². The van der Waals surface area contributed by atoms with Gasteiger partial charge in [0.15, 0.2) is 0 Å². The Bertz CT molecular complexity index is 1440. The lowest BCUT2D eigenvalue weighted by Crippen LogP contribution is -2.13. The lowest BCUT2D eigenvalue weighted by Gasteiger charge is -2.13. The van der Waals surface area contributed by atoms with Gasteiger partial charge in [0.05, 0.1) is 23.6 Å². The molecule has 4 aromatic rings. The van der Waals surface area contributed by atoms with Crippen LogP contribution in [-0.2, 0) is 16.1 Å². The zero-order valence-electron chi connectivity index (χ0n) is 20.6. The number of nitrogens with zero attached hydrogens (tertiary/aromatic N) is 3. The van der Waals surface area contributed by atoms with Crippen LogP contribution in [0.2, 0.25) is 0 Å². The monoisotopic (exact) mass is 471 g/mol. The number of hydrogen-bond donors (Lipinski definition) is 2. The molecule has 0 spiro atoms. The van der Waals surface area contributed by atoms with Gasteiger partial charge in [-0.15, -0.1) is 0 Å². The molecule has 3 heterocycles. The van der Waals surface area contributed by atoms with Gasteiger partial charge in [-0.25, -0.2) is 9.78 Å². The van der Waals surface area contributed by atoms with E-state index in [4.69, 9.17) is 4.74 Å². The van der Waals surface area contributed by atoms with Crippen molar-refractivity contribution in [2.45, 2.75) is 47.3 Å². The number of hydrogen-bond acceptors (Lipinski definition) is 5. The summed E-state index contributed by atoms with van der Waals surface area (Å²) in [7, 11) is 0. The highest BCUT2D eigenvalue weighted by Crippen LogP contribution is 2.41. The predicted molar refractivity (Wildman–Crippen MR) is 137 cm³/mol. The highest BCUT2D eigenvalue weighted by atomic mass is 16.5. The third kappa shape index (κ3) is 4.59. The molecule has 0 radical (unpaired) electrons. The average molecular weight is 472 g/mol. The SMILES string of the molecule is C=CC(=O)Nc1cc(-c2c(-c3cnn(CC)c3)[nH]c3ncc(C(=O)OC(C)C)c(C)c23)ccc1C. The molecule has 2 N–H and O–H groups in total. The van der Waals surface area contributed by atoms with Crippen molar-refractivity contribution in [3.63, 3.8) is 0 Å². The number of H-pyrrole nitrogens is 1. The normalized spacial score (nSPS) is 11.1. The number of aromatic nitrogens is 4. The van der Waals surface area contributed by atoms with Gasteiger partial charge in [0.1, 0.15) is 5.65 Å². The van der Waals surface area contributed by atoms with Crippen LogP contribution >= 0.6 is 0 Å². The lowest BCUT2D eigenvalue weighted by atomic mass is 9.95. The van der Waals surface area contributed by atoms with Crippen LogP contribution in [0.5, 0.6) is 0 Å². The molecule has 0 unspecified atom stereocenters. The molecule has 0 fully saturated rings. The van der Waals surface area contributed by atoms with Gasteiger partial charge in [-0.1, -0.05) is 18.7 Å². The molecular formula is C27H29N5O3. The van der Waals surface area contributed by atoms with Crippen LogP contribution in [0.4, 0.5) is 5.69 Å². The number of carbonyl (C=O) groups excluding carboxylic acids is 2. The second-order valence-electron chi connectivity index (χ2n) is 8.66. The Hall–Kier alpha value is -4.20. The van der Waals surface area contributed by atoms with E-state index < -0.39 is 5.97 Å². The Labute approximate surface area is 204 Å². The summed E-state index contributed by atoms with van der Waals surface area (Å²) in [5, 5.41) is 8.12. The van der Waals surface area contributed by atoms with Gasteiger partial charge in [0, 0.05) is 41.1 Å². The fraction of sp³-hybridized carbons (Fsp3) is 0.259. The molecule has 35 heavy (non-hydrogen) atoms. The fourth-order valence-corrected chi connectivity index (χ4v) is 4.06. The minimum Gasteiger partial charge on any atom is -0.459 e. The number of esters is 1. The summed E-state index contributed by atoms with van der Waals surface area (Å²) < 4.78 is 7.30. The minimum absolute atomic E-state index is 0.244. The van der Waals surface area contributed by atoms with Gasteiger partial charge >= 0.3 is 5.97 Å². The molecule has 180 valence electrons. The number of anilines is 1. The van der Waals surface area contributed by atoms with E-state index in [0.29, 0.717) is 16.9 Å². The Morgan fingerprint density at radius 3 is 2.66 bits per heavy atom. The second-order valence-corrected chi connectivity index (χ2v) is 8.66. The summed E-state index contributed by atoms with van der Waals surface area (Å²) in [5.74, 6) is -0.701. The van der Waals surface area contributed by atoms with Gasteiger partial charge < -0.3 is 15.0 Å². The number of aromatic amines is 1. The van der Waals surface area contributed by atoms with E-state index in [1.807, 2.05) is 63.7 Å². The zero-order valence-corrected chi connectivity index (χ0v) is 20.6. The maximum absolute atomic E-state index is 12.8. The number of nitrogens with one attached hydrogen (secondary N) is 2. The van der Waals surface area contributed by atoms with Crippen molar-refractivity contribution < 1.29 is 14.3 Å². The van der Waals surface area contributed by atoms with Gasteiger partial charge in [-0.3, -0.25) is 9.48 Å². The van der Waals surface area contributed by atoms with Crippen LogP contribution in [0.25, 0.3) is 33.4 Å². The topological polar surface area (TPSA) is 102 Å². The number of benzene rings is 1. The minimum atomic E-state index is -0.415. The molecule has 0 atom stereocenters. The predicted octanol–water partition coefficient (Wildman–Crippen LogP) is 5.42. The van der Waals surface area contributed by atoms with Gasteiger partial charge in [0.2, 0.25) is 5.91 Å². The van der Waals surface area contributed by atoms with Crippen LogP contribution < -0.4 is 5.32 Å². The number of ether oxygens (including phenoxy) is 1. The molecule has 1 aromatic carbocycles. The highest BCUT2D eigenvalue weighted by Gasteiger charge is 2.23. The number of amides is 1. The summed E-state index contributed by atoms with van der Waals surface area (Å²) in [6.45, 7) is 13.8. The van der Waals surface area contributed by atoms with E-state index in [9.17, 15) is 9.59 Å². The largest absolute Gasteiger partial charge is 0.459 e. The number of fused-ring (bicyclic) bond motifs is 1. The number of rotatable bonds is 7. The molecule has 4 rings (SSSR count). The molecule has 0 bridgehead atoms. The highest BCUT2D eigenvalue weighted by molar-refractivity contribution is 6.08. The van der Waals surface area contributed by atoms with Gasteiger partial charge in [0.25, 0.3) is 0 Å². The fourth-order valence-electron chi connectivity index (χ4n) is 4.06. The Morgan fingerprint density at radius 1 is 1.23 bits per heavy atom. The van der Waals surface area contributed by atoms with Gasteiger partial charge in [-0.05, 0) is 63.5 Å². The molecule has 8 nitrogen and oxygen atoms in total. The quantitative estimate of drug-likeness (QED) is 0.277. The molecule has 1 amide bonds. The second kappa shape index (κ2) is 9.58. The summed E-state index contributed by atoms with van der Waals surface area (Å²) in [6, 6.07) is 5.87. The smallest absolute Gasteiger partial charge is 0.340 e. The van der Waals surface area contributed by atoms with Crippen molar-refractivity contribution >= 4 is 28.6 Å². The van der Waals surface area contributed by atoms with Crippen molar-refractivity contribution in [2.75, 3.05) is 5.32 Å². The van der Waals surface area contributed by atoms with Crippen LogP contribution in [0.3, 0.4) is 0 Å². The van der Waals surface area contributed by atoms with Crippen molar-refractivity contribution in [1.82, 2.24) is 19.7 Å². The molecular weight excluding hydrogens is 442 g/mol. The molecule has 0 aliphatic rings. The summed E-state index contributed by atoms with van der Waals surface area (Å²) in [4.78, 5) is 32.8. The first-order chi connectivity index (χ1) is 16.7. The maximum Gasteiger partial charge on any atom is 0.340 e. The van der Waals surface area contributed by atoms with E-state index in [0.717, 1.165) is 45.4 Å². The Morgan fingerprint density at radius 2 is 2.00 bits per heavy atom. The summed E-state index contributed by atoms with van der Waals surface area (Å²) >= 11 is 0. The third-order valence-electron chi connectivity index (χ3n) is 5.86. The first kappa shape index (κ1) is 23.9. The summed E-state index contributed by atoms with van der Waals surface area (Å²) in [5.41, 5.74) is 6.87. The molecule has 8 heteroatoms. The standard InChI is InChI=1S/C27H29N5O3/c1-7-22(33)30-21-11-18(10-9-16(21)5)24-23-17(6)20(27(34)35-15(3)4)13-28-26(23)31-25(24)19-12-29-32(8-2)14-19/h7,9-15H,1,8H2,2-6H3,(H,28,31)(H,30,33). The number of carbonyl (C=O) groups is 2. The van der Waals surface area contributed by atoms with E-state index in [1.165, 1.54) is 6.08 Å². The lowest BCUT2D eigenvalue weighted by molar-refractivity contribution is -0.111. The molecule has 3 aromatic heterocycles. The van der Waals surface area contributed by atoms with Crippen LogP contribution in [0.1, 0.15) is 42.3 Å². The van der Waals surface area contributed by atoms with E-state index >= 15 is 0 Å². The van der Waals surface area contributed by atoms with Crippen LogP contribution in [0.15, 0.2) is 49.4 Å². The van der Waals surface area contributed by atoms with E-state index in [2.05, 4.69) is 27.0 Å². The van der Waals surface area contributed by atoms with Gasteiger partial charge in [-0.2, -0.15) is 5.10 Å². The first-order valence-corrected chi connectivity index (χ1v) is 11.5. The van der Waals surface area contributed by atoms with Crippen molar-refractivity contribution in [3.05, 3.63) is 66.1 Å². The summed E-state index contributed by atoms with van der Waals surface area (Å²) in [6.07, 6.45) is 6.31. The Kier molecular flexibility index (Phi) is 6.55. The molecule has 0 saturated heterocycles. The van der Waals surface area contributed by atoms with E-state index in [1.54, 1.807) is 12.4 Å². The third-order valence-corrected chi connectivity index (χ3v) is 5.86. The van der Waals surface area contributed by atoms with Crippen molar-refractivity contribution in [1.29, 1.82) is 0 Å². The first-order valence-electron chi connectivity index (χ1n) is 11.5. The molecule has 0 aliphatic heterocycles. The molecule has 0 saturated carbocycles. The Balaban J connectivity index is 2.00.